The van der Waals surface area contributed by atoms with Gasteiger partial charge in [-0.2, -0.15) is 0 Å². The van der Waals surface area contributed by atoms with Crippen LogP contribution in [-0.2, 0) is 19.1 Å². The molecule has 3 heterocycles. The zero-order valence-corrected chi connectivity index (χ0v) is 24.6. The average molecular weight is 572 g/mol. The van der Waals surface area contributed by atoms with E-state index in [1.807, 2.05) is 19.9 Å². The minimum absolute atomic E-state index is 0.0457. The molecule has 0 aliphatic carbocycles. The van der Waals surface area contributed by atoms with Gasteiger partial charge in [-0.05, 0) is 44.2 Å². The van der Waals surface area contributed by atoms with E-state index in [9.17, 15) is 19.5 Å². The van der Waals surface area contributed by atoms with Gasteiger partial charge in [0.05, 0.1) is 28.1 Å². The zero-order chi connectivity index (χ0) is 29.2. The molecule has 1 spiro atoms. The number of carbonyl (C=O) groups excluding carboxylic acids is 3. The molecule has 0 saturated carbocycles. The Hall–Kier alpha value is -2.68. The summed E-state index contributed by atoms with van der Waals surface area (Å²) < 4.78 is 6.84. The van der Waals surface area contributed by atoms with Gasteiger partial charge in [-0.15, -0.1) is 13.2 Å². The summed E-state index contributed by atoms with van der Waals surface area (Å²) >= 11 is 6.55. The van der Waals surface area contributed by atoms with E-state index in [0.717, 1.165) is 12.8 Å². The first-order valence-corrected chi connectivity index (χ1v) is 14.6. The van der Waals surface area contributed by atoms with Crippen molar-refractivity contribution in [2.75, 3.05) is 38.2 Å². The standard InChI is InChI=1S/C31H42ClN3O5/c1-6-16-33(5)27(37)24-25-28(38)35(18-12-8-9-13-19-36)26(31(25)20-21(3)30(24,4)40-31)29(39)34(17-7-2)23-15-11-10-14-22(23)32/h6-7,10-11,14-15,21,24-26,36H,1-2,8-9,12-13,16-20H2,3-5H3/t21?,24-,25-,26?,30+,31?/m0/s1. The first kappa shape index (κ1) is 30.3. The summed E-state index contributed by atoms with van der Waals surface area (Å²) in [6.07, 6.45) is 6.79. The average Bonchev–Trinajstić information content (AvgIpc) is 3.43. The molecule has 3 saturated heterocycles. The van der Waals surface area contributed by atoms with Crippen molar-refractivity contribution in [3.8, 4) is 0 Å². The largest absolute Gasteiger partial charge is 0.396 e. The maximum Gasteiger partial charge on any atom is 0.253 e. The Bertz CT molecular complexity index is 1160. The number of rotatable bonds is 13. The summed E-state index contributed by atoms with van der Waals surface area (Å²) in [5.74, 6) is -2.19. The Morgan fingerprint density at radius 2 is 1.82 bits per heavy atom. The number of ether oxygens (including phenoxy) is 1. The van der Waals surface area contributed by atoms with Crippen LogP contribution >= 0.6 is 11.6 Å². The lowest BCUT2D eigenvalue weighted by atomic mass is 9.62. The van der Waals surface area contributed by atoms with Crippen molar-refractivity contribution in [3.05, 3.63) is 54.6 Å². The van der Waals surface area contributed by atoms with Crippen molar-refractivity contribution < 1.29 is 24.2 Å². The van der Waals surface area contributed by atoms with Crippen molar-refractivity contribution in [2.24, 2.45) is 17.8 Å². The van der Waals surface area contributed by atoms with Gasteiger partial charge in [0.1, 0.15) is 11.6 Å². The van der Waals surface area contributed by atoms with Crippen molar-refractivity contribution in [1.82, 2.24) is 9.80 Å². The Balaban J connectivity index is 1.79. The number of halogens is 1. The second kappa shape index (κ2) is 12.0. The molecule has 0 aromatic heterocycles. The number of likely N-dealkylation sites (tertiary alicyclic amines) is 1. The normalized spacial score (nSPS) is 30.3. The molecule has 9 heteroatoms. The van der Waals surface area contributed by atoms with Gasteiger partial charge in [0.25, 0.3) is 5.91 Å². The number of hydrogen-bond donors (Lipinski definition) is 1. The number of aliphatic hydroxyl groups excluding tert-OH is 1. The van der Waals surface area contributed by atoms with Crippen molar-refractivity contribution >= 4 is 35.0 Å². The van der Waals surface area contributed by atoms with Crippen LogP contribution in [0.15, 0.2) is 49.6 Å². The van der Waals surface area contributed by atoms with Crippen molar-refractivity contribution in [3.63, 3.8) is 0 Å². The van der Waals surface area contributed by atoms with Crippen LogP contribution in [0.3, 0.4) is 0 Å². The molecule has 40 heavy (non-hydrogen) atoms. The van der Waals surface area contributed by atoms with E-state index < -0.39 is 29.1 Å². The fourth-order valence-electron chi connectivity index (χ4n) is 7.16. The highest BCUT2D eigenvalue weighted by atomic mass is 35.5. The third kappa shape index (κ3) is 4.88. The Morgan fingerprint density at radius 3 is 2.48 bits per heavy atom. The van der Waals surface area contributed by atoms with Crippen LogP contribution in [-0.4, -0.2) is 83.2 Å². The van der Waals surface area contributed by atoms with E-state index in [1.54, 1.807) is 52.1 Å². The fraction of sp³-hybridized carbons (Fsp3) is 0.581. The van der Waals surface area contributed by atoms with E-state index in [2.05, 4.69) is 13.2 Å². The van der Waals surface area contributed by atoms with Gasteiger partial charge in [-0.25, -0.2) is 0 Å². The molecule has 1 aromatic rings. The predicted molar refractivity (Wildman–Crippen MR) is 156 cm³/mol. The van der Waals surface area contributed by atoms with Gasteiger partial charge in [-0.1, -0.05) is 55.7 Å². The van der Waals surface area contributed by atoms with Gasteiger partial charge >= 0.3 is 0 Å². The zero-order valence-electron chi connectivity index (χ0n) is 23.9. The Kier molecular flexibility index (Phi) is 9.12. The van der Waals surface area contributed by atoms with Crippen molar-refractivity contribution in [2.45, 2.75) is 63.2 Å². The SMILES string of the molecule is C=CCN(C)C(=O)[C@@H]1[C@H]2C(=O)N(CCCCCCO)C(C(=O)N(CC=C)c3ccccc3Cl)C23CC(C)[C@@]1(C)O3. The number of anilines is 1. The van der Waals surface area contributed by atoms with Crippen LogP contribution in [0.5, 0.6) is 0 Å². The molecule has 3 aliphatic heterocycles. The third-order valence-electron chi connectivity index (χ3n) is 9.12. The fourth-order valence-corrected chi connectivity index (χ4v) is 7.40. The van der Waals surface area contributed by atoms with Gasteiger partial charge < -0.3 is 24.5 Å². The van der Waals surface area contributed by atoms with Crippen LogP contribution in [0, 0.1) is 17.8 Å². The molecule has 8 nitrogen and oxygen atoms in total. The predicted octanol–water partition coefficient (Wildman–Crippen LogP) is 4.07. The number of para-hydroxylation sites is 1. The van der Waals surface area contributed by atoms with E-state index in [1.165, 1.54) is 0 Å². The third-order valence-corrected chi connectivity index (χ3v) is 9.44. The molecule has 3 aliphatic rings. The van der Waals surface area contributed by atoms with Gasteiger partial charge in [0.2, 0.25) is 11.8 Å². The number of aliphatic hydroxyl groups is 1. The van der Waals surface area contributed by atoms with Crippen LogP contribution in [0.1, 0.15) is 46.0 Å². The highest BCUT2D eigenvalue weighted by Gasteiger charge is 2.80. The van der Waals surface area contributed by atoms with Crippen LogP contribution in [0.4, 0.5) is 5.69 Å². The quantitative estimate of drug-likeness (QED) is 0.285. The molecule has 1 N–H and O–H groups in total. The molecule has 1 aromatic carbocycles. The smallest absolute Gasteiger partial charge is 0.253 e. The molecule has 3 amide bonds. The second-order valence-electron chi connectivity index (χ2n) is 11.6. The number of hydrogen-bond acceptors (Lipinski definition) is 5. The van der Waals surface area contributed by atoms with Gasteiger partial charge in [0.15, 0.2) is 0 Å². The lowest BCUT2D eigenvalue weighted by Crippen LogP contribution is -2.57. The number of likely N-dealkylation sites (N-methyl/N-ethyl adjacent to an activating group) is 1. The first-order valence-electron chi connectivity index (χ1n) is 14.2. The number of amides is 3. The molecule has 6 atom stereocenters. The van der Waals surface area contributed by atoms with E-state index >= 15 is 0 Å². The maximum absolute atomic E-state index is 14.6. The number of benzene rings is 1. The minimum atomic E-state index is -1.14. The van der Waals surface area contributed by atoms with E-state index in [0.29, 0.717) is 43.1 Å². The van der Waals surface area contributed by atoms with Gasteiger partial charge in [0, 0.05) is 33.3 Å². The second-order valence-corrected chi connectivity index (χ2v) is 12.0. The number of unbranched alkanes of at least 4 members (excludes halogenated alkanes) is 3. The summed E-state index contributed by atoms with van der Waals surface area (Å²) in [5, 5.41) is 9.60. The summed E-state index contributed by atoms with van der Waals surface area (Å²) in [7, 11) is 1.71. The molecular weight excluding hydrogens is 530 g/mol. The molecule has 4 rings (SSSR count). The number of carbonyl (C=O) groups is 3. The Morgan fingerprint density at radius 1 is 1.15 bits per heavy atom. The van der Waals surface area contributed by atoms with Crippen LogP contribution < -0.4 is 4.90 Å². The highest BCUT2D eigenvalue weighted by Crippen LogP contribution is 2.65. The molecule has 3 unspecified atom stereocenters. The summed E-state index contributed by atoms with van der Waals surface area (Å²) in [6, 6.07) is 6.21. The van der Waals surface area contributed by atoms with E-state index in [-0.39, 0.29) is 36.8 Å². The molecule has 3 fully saturated rings. The molecule has 0 radical (unpaired) electrons. The molecule has 2 bridgehead atoms. The maximum atomic E-state index is 14.6. The van der Waals surface area contributed by atoms with Crippen molar-refractivity contribution in [1.29, 1.82) is 0 Å². The summed E-state index contributed by atoms with van der Waals surface area (Å²) in [6.45, 7) is 12.6. The minimum Gasteiger partial charge on any atom is -0.396 e. The monoisotopic (exact) mass is 571 g/mol. The highest BCUT2D eigenvalue weighted by molar-refractivity contribution is 6.34. The molecule has 218 valence electrons. The van der Waals surface area contributed by atoms with Crippen LogP contribution in [0.25, 0.3) is 0 Å². The van der Waals surface area contributed by atoms with E-state index in [4.69, 9.17) is 16.3 Å². The lowest BCUT2D eigenvalue weighted by Gasteiger charge is -2.38. The topological polar surface area (TPSA) is 90.4 Å². The number of fused-ring (bicyclic) bond motifs is 1. The first-order chi connectivity index (χ1) is 19.1. The molecular formula is C31H42ClN3O5. The number of nitrogens with zero attached hydrogens (tertiary/aromatic N) is 3. The Labute approximate surface area is 242 Å². The van der Waals surface area contributed by atoms with Crippen LogP contribution in [0.2, 0.25) is 5.02 Å². The van der Waals surface area contributed by atoms with Gasteiger partial charge in [-0.3, -0.25) is 14.4 Å². The summed E-state index contributed by atoms with van der Waals surface area (Å²) in [4.78, 5) is 47.6. The lowest BCUT2D eigenvalue weighted by molar-refractivity contribution is -0.150. The summed E-state index contributed by atoms with van der Waals surface area (Å²) in [5.41, 5.74) is -1.48.